The van der Waals surface area contributed by atoms with Gasteiger partial charge in [0.05, 0.1) is 4.47 Å². The van der Waals surface area contributed by atoms with Gasteiger partial charge in [0.25, 0.3) is 0 Å². The molecule has 0 aliphatic heterocycles. The Kier molecular flexibility index (Phi) is 4.58. The maximum Gasteiger partial charge on any atom is 0.139 e. The fourth-order valence-corrected chi connectivity index (χ4v) is 1.79. The van der Waals surface area contributed by atoms with Crippen LogP contribution in [0.1, 0.15) is 25.8 Å². The molecule has 0 unspecified atom stereocenters. The second kappa shape index (κ2) is 5.50. The number of rotatable bonds is 4. The topological polar surface area (TPSA) is 12.0 Å². The highest BCUT2D eigenvalue weighted by molar-refractivity contribution is 9.10. The number of anilines is 1. The molecule has 0 heterocycles. The molecule has 0 radical (unpaired) electrons. The molecule has 84 valence electrons. The molecule has 0 aliphatic rings. The third kappa shape index (κ3) is 3.82. The van der Waals surface area contributed by atoms with Crippen molar-refractivity contribution in [1.29, 1.82) is 0 Å². The van der Waals surface area contributed by atoms with Crippen molar-refractivity contribution in [3.63, 3.8) is 0 Å². The van der Waals surface area contributed by atoms with Gasteiger partial charge in [-0.25, -0.2) is 4.39 Å². The van der Waals surface area contributed by atoms with Crippen molar-refractivity contribution >= 4 is 21.6 Å². The fourth-order valence-electron chi connectivity index (χ4n) is 1.33. The summed E-state index contributed by atoms with van der Waals surface area (Å²) >= 11 is 3.17. The van der Waals surface area contributed by atoms with Crippen molar-refractivity contribution in [1.82, 2.24) is 0 Å². The first-order chi connectivity index (χ1) is 7.00. The zero-order valence-electron chi connectivity index (χ0n) is 9.40. The molecule has 0 fully saturated rings. The second-order valence-corrected chi connectivity index (χ2v) is 5.04. The standard InChI is InChI=1S/C12H17BrFN/c1-8(2)4-5-15-12-7-11(14)10(13)6-9(12)3/h6-8,15H,4-5H2,1-3H3. The minimum atomic E-state index is -0.215. The Bertz CT molecular complexity index is 337. The minimum absolute atomic E-state index is 0.215. The molecule has 0 atom stereocenters. The first kappa shape index (κ1) is 12.5. The minimum Gasteiger partial charge on any atom is -0.385 e. The smallest absolute Gasteiger partial charge is 0.139 e. The highest BCUT2D eigenvalue weighted by Gasteiger charge is 2.04. The summed E-state index contributed by atoms with van der Waals surface area (Å²) < 4.78 is 13.8. The summed E-state index contributed by atoms with van der Waals surface area (Å²) in [4.78, 5) is 0. The van der Waals surface area contributed by atoms with Gasteiger partial charge in [0, 0.05) is 12.2 Å². The van der Waals surface area contributed by atoms with Crippen molar-refractivity contribution < 1.29 is 4.39 Å². The van der Waals surface area contributed by atoms with Gasteiger partial charge in [-0.1, -0.05) is 13.8 Å². The van der Waals surface area contributed by atoms with Crippen molar-refractivity contribution in [2.24, 2.45) is 5.92 Å². The van der Waals surface area contributed by atoms with Gasteiger partial charge in [0.2, 0.25) is 0 Å². The van der Waals surface area contributed by atoms with Crippen LogP contribution in [0.2, 0.25) is 0 Å². The Morgan fingerprint density at radius 1 is 1.40 bits per heavy atom. The molecule has 1 aromatic rings. The number of hydrogen-bond acceptors (Lipinski definition) is 1. The van der Waals surface area contributed by atoms with E-state index in [0.29, 0.717) is 10.4 Å². The van der Waals surface area contributed by atoms with Crippen molar-refractivity contribution in [3.05, 3.63) is 28.0 Å². The fraction of sp³-hybridized carbons (Fsp3) is 0.500. The SMILES string of the molecule is Cc1cc(Br)c(F)cc1NCCC(C)C. The molecular formula is C12H17BrFN. The lowest BCUT2D eigenvalue weighted by molar-refractivity contribution is 0.605. The van der Waals surface area contributed by atoms with Crippen LogP contribution in [0.4, 0.5) is 10.1 Å². The van der Waals surface area contributed by atoms with E-state index in [0.717, 1.165) is 24.2 Å². The largest absolute Gasteiger partial charge is 0.385 e. The molecule has 0 aromatic heterocycles. The van der Waals surface area contributed by atoms with Gasteiger partial charge in [-0.15, -0.1) is 0 Å². The average Bonchev–Trinajstić information content (AvgIpc) is 2.13. The summed E-state index contributed by atoms with van der Waals surface area (Å²) in [6.07, 6.45) is 1.09. The summed E-state index contributed by atoms with van der Waals surface area (Å²) in [5, 5.41) is 3.25. The molecule has 1 N–H and O–H groups in total. The van der Waals surface area contributed by atoms with Crippen LogP contribution in [0.25, 0.3) is 0 Å². The molecular weight excluding hydrogens is 257 g/mol. The molecule has 0 aliphatic carbocycles. The van der Waals surface area contributed by atoms with Gasteiger partial charge in [-0.2, -0.15) is 0 Å². The van der Waals surface area contributed by atoms with E-state index in [4.69, 9.17) is 0 Å². The molecule has 1 rings (SSSR count). The third-order valence-corrected chi connectivity index (χ3v) is 2.91. The molecule has 0 amide bonds. The lowest BCUT2D eigenvalue weighted by Gasteiger charge is -2.11. The van der Waals surface area contributed by atoms with Crippen molar-refractivity contribution in [2.75, 3.05) is 11.9 Å². The number of nitrogens with one attached hydrogen (secondary N) is 1. The Balaban J connectivity index is 2.65. The maximum absolute atomic E-state index is 13.3. The Hall–Kier alpha value is -0.570. The molecule has 1 nitrogen and oxygen atoms in total. The van der Waals surface area contributed by atoms with E-state index in [-0.39, 0.29) is 5.82 Å². The number of benzene rings is 1. The van der Waals surface area contributed by atoms with Crippen molar-refractivity contribution in [2.45, 2.75) is 27.2 Å². The van der Waals surface area contributed by atoms with E-state index in [1.54, 1.807) is 12.1 Å². The predicted molar refractivity (Wildman–Crippen MR) is 66.8 cm³/mol. The van der Waals surface area contributed by atoms with Gasteiger partial charge >= 0.3 is 0 Å². The van der Waals surface area contributed by atoms with Crippen LogP contribution in [-0.2, 0) is 0 Å². The molecule has 0 saturated carbocycles. The predicted octanol–water partition coefficient (Wildman–Crippen LogP) is 4.35. The van der Waals surface area contributed by atoms with Crippen LogP contribution in [0.5, 0.6) is 0 Å². The number of aryl methyl sites for hydroxylation is 1. The Morgan fingerprint density at radius 2 is 2.07 bits per heavy atom. The second-order valence-electron chi connectivity index (χ2n) is 4.19. The van der Waals surface area contributed by atoms with Crippen molar-refractivity contribution in [3.8, 4) is 0 Å². The quantitative estimate of drug-likeness (QED) is 0.860. The highest BCUT2D eigenvalue weighted by Crippen LogP contribution is 2.23. The van der Waals surface area contributed by atoms with E-state index in [9.17, 15) is 4.39 Å². The zero-order chi connectivity index (χ0) is 11.4. The van der Waals surface area contributed by atoms with E-state index in [1.165, 1.54) is 0 Å². The summed E-state index contributed by atoms with van der Waals surface area (Å²) in [7, 11) is 0. The average molecular weight is 274 g/mol. The zero-order valence-corrected chi connectivity index (χ0v) is 11.0. The summed E-state index contributed by atoms with van der Waals surface area (Å²) in [5.74, 6) is 0.450. The number of hydrogen-bond donors (Lipinski definition) is 1. The lowest BCUT2D eigenvalue weighted by atomic mass is 10.1. The first-order valence-electron chi connectivity index (χ1n) is 5.20. The van der Waals surface area contributed by atoms with Crippen LogP contribution in [-0.4, -0.2) is 6.54 Å². The Morgan fingerprint density at radius 3 is 2.67 bits per heavy atom. The monoisotopic (exact) mass is 273 g/mol. The molecule has 3 heteroatoms. The van der Waals surface area contributed by atoms with Gasteiger partial charge in [-0.3, -0.25) is 0 Å². The lowest BCUT2D eigenvalue weighted by Crippen LogP contribution is -2.06. The molecule has 0 saturated heterocycles. The molecule has 0 bridgehead atoms. The van der Waals surface area contributed by atoms with Crippen LogP contribution >= 0.6 is 15.9 Å². The third-order valence-electron chi connectivity index (χ3n) is 2.30. The van der Waals surface area contributed by atoms with E-state index in [2.05, 4.69) is 35.1 Å². The van der Waals surface area contributed by atoms with Crippen LogP contribution in [0, 0.1) is 18.7 Å². The van der Waals surface area contributed by atoms with Crippen LogP contribution in [0.3, 0.4) is 0 Å². The summed E-state index contributed by atoms with van der Waals surface area (Å²) in [5.41, 5.74) is 1.95. The van der Waals surface area contributed by atoms with E-state index in [1.807, 2.05) is 6.92 Å². The van der Waals surface area contributed by atoms with Crippen LogP contribution < -0.4 is 5.32 Å². The molecule has 15 heavy (non-hydrogen) atoms. The molecule has 1 aromatic carbocycles. The summed E-state index contributed by atoms with van der Waals surface area (Å²) in [6.45, 7) is 7.22. The van der Waals surface area contributed by atoms with Gasteiger partial charge < -0.3 is 5.32 Å². The first-order valence-corrected chi connectivity index (χ1v) is 5.99. The van der Waals surface area contributed by atoms with E-state index < -0.39 is 0 Å². The maximum atomic E-state index is 13.3. The Labute approximate surface area is 99.2 Å². The highest BCUT2D eigenvalue weighted by atomic mass is 79.9. The van der Waals surface area contributed by atoms with Gasteiger partial charge in [-0.05, 0) is 52.9 Å². The molecule has 0 spiro atoms. The summed E-state index contributed by atoms with van der Waals surface area (Å²) in [6, 6.07) is 3.34. The van der Waals surface area contributed by atoms with Crippen LogP contribution in [0.15, 0.2) is 16.6 Å². The normalized spacial score (nSPS) is 10.8. The van der Waals surface area contributed by atoms with E-state index >= 15 is 0 Å². The van der Waals surface area contributed by atoms with Gasteiger partial charge in [0.15, 0.2) is 0 Å². The van der Waals surface area contributed by atoms with Gasteiger partial charge in [0.1, 0.15) is 5.82 Å². The number of halogens is 2.